The van der Waals surface area contributed by atoms with Crippen LogP contribution in [0.4, 0.5) is 8.78 Å². The van der Waals surface area contributed by atoms with Crippen LogP contribution in [0.3, 0.4) is 0 Å². The van der Waals surface area contributed by atoms with Gasteiger partial charge in [0, 0.05) is 5.41 Å². The lowest BCUT2D eigenvalue weighted by Gasteiger charge is -2.35. The smallest absolute Gasteiger partial charge is 0.172 e. The van der Waals surface area contributed by atoms with E-state index in [0.29, 0.717) is 19.3 Å². The molecule has 0 atom stereocenters. The van der Waals surface area contributed by atoms with E-state index in [1.807, 2.05) is 6.92 Å². The third-order valence-corrected chi connectivity index (χ3v) is 3.92. The number of halogens is 2. The number of hydrogen-bond donors (Lipinski definition) is 1. The summed E-state index contributed by atoms with van der Waals surface area (Å²) in [6, 6.07) is 3.80. The van der Waals surface area contributed by atoms with Gasteiger partial charge in [0.1, 0.15) is 0 Å². The minimum absolute atomic E-state index is 0.112. The van der Waals surface area contributed by atoms with E-state index < -0.39 is 17.0 Å². The van der Waals surface area contributed by atoms with Crippen molar-refractivity contribution >= 4 is 5.78 Å². The summed E-state index contributed by atoms with van der Waals surface area (Å²) in [5.41, 5.74) is -0.654. The monoisotopic (exact) mass is 253 g/mol. The van der Waals surface area contributed by atoms with E-state index >= 15 is 0 Å². The van der Waals surface area contributed by atoms with Crippen molar-refractivity contribution in [1.82, 2.24) is 5.32 Å². The molecule has 1 heterocycles. The van der Waals surface area contributed by atoms with Gasteiger partial charge in [-0.15, -0.1) is 0 Å². The molecule has 1 aliphatic heterocycles. The maximum absolute atomic E-state index is 13.7. The lowest BCUT2D eigenvalue weighted by atomic mass is 9.71. The molecule has 4 heteroatoms. The molecule has 1 aliphatic rings. The zero-order valence-corrected chi connectivity index (χ0v) is 10.4. The SMILES string of the molecule is CCC1(C(=O)c2cccc(F)c2F)CCNCC1. The summed E-state index contributed by atoms with van der Waals surface area (Å²) in [7, 11) is 0. The quantitative estimate of drug-likeness (QED) is 0.839. The Morgan fingerprint density at radius 1 is 1.33 bits per heavy atom. The Kier molecular flexibility index (Phi) is 3.76. The van der Waals surface area contributed by atoms with E-state index in [2.05, 4.69) is 5.32 Å². The largest absolute Gasteiger partial charge is 0.317 e. The summed E-state index contributed by atoms with van der Waals surface area (Å²) in [6.45, 7) is 3.42. The van der Waals surface area contributed by atoms with Gasteiger partial charge in [-0.3, -0.25) is 4.79 Å². The predicted molar refractivity (Wildman–Crippen MR) is 65.5 cm³/mol. The van der Waals surface area contributed by atoms with Crippen LogP contribution in [0.5, 0.6) is 0 Å². The van der Waals surface area contributed by atoms with Crippen LogP contribution in [0, 0.1) is 17.0 Å². The highest BCUT2D eigenvalue weighted by Crippen LogP contribution is 2.36. The summed E-state index contributed by atoms with van der Waals surface area (Å²) in [5.74, 6) is -2.24. The fourth-order valence-corrected chi connectivity index (χ4v) is 2.61. The Hall–Kier alpha value is -1.29. The highest BCUT2D eigenvalue weighted by atomic mass is 19.2. The molecule has 1 aromatic carbocycles. The molecule has 18 heavy (non-hydrogen) atoms. The fourth-order valence-electron chi connectivity index (χ4n) is 2.61. The molecule has 2 nitrogen and oxygen atoms in total. The molecule has 0 unspecified atom stereocenters. The Labute approximate surface area is 105 Å². The van der Waals surface area contributed by atoms with E-state index in [1.165, 1.54) is 12.1 Å². The van der Waals surface area contributed by atoms with Crippen molar-refractivity contribution in [3.8, 4) is 0 Å². The van der Waals surface area contributed by atoms with E-state index in [4.69, 9.17) is 0 Å². The highest BCUT2D eigenvalue weighted by Gasteiger charge is 2.39. The van der Waals surface area contributed by atoms with Gasteiger partial charge in [0.05, 0.1) is 5.56 Å². The number of benzene rings is 1. The first-order chi connectivity index (χ1) is 8.60. The molecule has 1 fully saturated rings. The van der Waals surface area contributed by atoms with Crippen molar-refractivity contribution in [3.05, 3.63) is 35.4 Å². The molecule has 1 saturated heterocycles. The van der Waals surface area contributed by atoms with Crippen LogP contribution in [-0.4, -0.2) is 18.9 Å². The van der Waals surface area contributed by atoms with E-state index in [1.54, 1.807) is 0 Å². The minimum Gasteiger partial charge on any atom is -0.317 e. The van der Waals surface area contributed by atoms with Gasteiger partial charge in [-0.1, -0.05) is 13.0 Å². The molecule has 0 amide bonds. The first-order valence-corrected chi connectivity index (χ1v) is 6.30. The van der Waals surface area contributed by atoms with E-state index in [-0.39, 0.29) is 11.3 Å². The van der Waals surface area contributed by atoms with Crippen LogP contribution in [-0.2, 0) is 0 Å². The second kappa shape index (κ2) is 5.14. The number of carbonyl (C=O) groups excluding carboxylic acids is 1. The molecular weight excluding hydrogens is 236 g/mol. The lowest BCUT2D eigenvalue weighted by molar-refractivity contribution is 0.0712. The number of ketones is 1. The Morgan fingerprint density at radius 3 is 2.61 bits per heavy atom. The highest BCUT2D eigenvalue weighted by molar-refractivity contribution is 6.00. The van der Waals surface area contributed by atoms with Gasteiger partial charge in [-0.05, 0) is 44.5 Å². The molecular formula is C14H17F2NO. The van der Waals surface area contributed by atoms with Gasteiger partial charge in [0.25, 0.3) is 0 Å². The normalized spacial score (nSPS) is 18.6. The van der Waals surface area contributed by atoms with Crippen molar-refractivity contribution in [2.75, 3.05) is 13.1 Å². The predicted octanol–water partition coefficient (Wildman–Crippen LogP) is 2.93. The molecule has 0 aromatic heterocycles. The number of rotatable bonds is 3. The maximum Gasteiger partial charge on any atom is 0.172 e. The molecule has 0 aliphatic carbocycles. The molecule has 1 aromatic rings. The van der Waals surface area contributed by atoms with Gasteiger partial charge in [-0.25, -0.2) is 8.78 Å². The fraction of sp³-hybridized carbons (Fsp3) is 0.500. The second-order valence-electron chi connectivity index (χ2n) is 4.81. The third-order valence-electron chi connectivity index (χ3n) is 3.92. The first-order valence-electron chi connectivity index (χ1n) is 6.30. The molecule has 98 valence electrons. The van der Waals surface area contributed by atoms with E-state index in [0.717, 1.165) is 19.2 Å². The number of Topliss-reactive ketones (excluding diaryl/α,β-unsaturated/α-hetero) is 1. The number of piperidine rings is 1. The maximum atomic E-state index is 13.7. The Balaban J connectivity index is 2.37. The van der Waals surface area contributed by atoms with Crippen LogP contribution in [0.15, 0.2) is 18.2 Å². The third kappa shape index (κ3) is 2.17. The van der Waals surface area contributed by atoms with Gasteiger partial charge < -0.3 is 5.32 Å². The summed E-state index contributed by atoms with van der Waals surface area (Å²) in [4.78, 5) is 12.5. The molecule has 0 radical (unpaired) electrons. The van der Waals surface area contributed by atoms with Gasteiger partial charge in [-0.2, -0.15) is 0 Å². The van der Waals surface area contributed by atoms with Crippen molar-refractivity contribution < 1.29 is 13.6 Å². The van der Waals surface area contributed by atoms with Crippen molar-refractivity contribution in [2.24, 2.45) is 5.41 Å². The van der Waals surface area contributed by atoms with Crippen molar-refractivity contribution in [1.29, 1.82) is 0 Å². The van der Waals surface area contributed by atoms with Crippen molar-refractivity contribution in [3.63, 3.8) is 0 Å². The van der Waals surface area contributed by atoms with Gasteiger partial charge >= 0.3 is 0 Å². The Morgan fingerprint density at radius 2 is 2.00 bits per heavy atom. The summed E-state index contributed by atoms with van der Waals surface area (Å²) in [5, 5.41) is 3.19. The first kappa shape index (κ1) is 13.1. The van der Waals surface area contributed by atoms with Gasteiger partial charge in [0.2, 0.25) is 0 Å². The van der Waals surface area contributed by atoms with Crippen LogP contribution >= 0.6 is 0 Å². The van der Waals surface area contributed by atoms with Crippen LogP contribution in [0.2, 0.25) is 0 Å². The number of carbonyl (C=O) groups is 1. The topological polar surface area (TPSA) is 29.1 Å². The lowest BCUT2D eigenvalue weighted by Crippen LogP contribution is -2.42. The van der Waals surface area contributed by atoms with Gasteiger partial charge in [0.15, 0.2) is 17.4 Å². The zero-order valence-electron chi connectivity index (χ0n) is 10.4. The van der Waals surface area contributed by atoms with Crippen LogP contribution < -0.4 is 5.32 Å². The number of hydrogen-bond acceptors (Lipinski definition) is 2. The molecule has 2 rings (SSSR count). The summed E-state index contributed by atoms with van der Waals surface area (Å²) in [6.07, 6.45) is 2.01. The number of nitrogens with one attached hydrogen (secondary N) is 1. The average molecular weight is 253 g/mol. The molecule has 1 N–H and O–H groups in total. The second-order valence-corrected chi connectivity index (χ2v) is 4.81. The van der Waals surface area contributed by atoms with E-state index in [9.17, 15) is 13.6 Å². The standard InChI is InChI=1S/C14H17F2NO/c1-2-14(6-8-17-9-7-14)13(18)10-4-3-5-11(15)12(10)16/h3-5,17H,2,6-9H2,1H3. The average Bonchev–Trinajstić information content (AvgIpc) is 2.42. The molecule has 0 saturated carbocycles. The molecule has 0 spiro atoms. The zero-order chi connectivity index (χ0) is 13.2. The summed E-state index contributed by atoms with van der Waals surface area (Å²) < 4.78 is 26.9. The van der Waals surface area contributed by atoms with Crippen LogP contribution in [0.1, 0.15) is 36.5 Å². The van der Waals surface area contributed by atoms with Crippen LogP contribution in [0.25, 0.3) is 0 Å². The van der Waals surface area contributed by atoms with Crippen molar-refractivity contribution in [2.45, 2.75) is 26.2 Å². The minimum atomic E-state index is -1.02. The Bertz CT molecular complexity index is 453. The molecule has 0 bridgehead atoms. The summed E-state index contributed by atoms with van der Waals surface area (Å²) >= 11 is 0.